The summed E-state index contributed by atoms with van der Waals surface area (Å²) in [4.78, 5) is 14.7. The van der Waals surface area contributed by atoms with Crippen LogP contribution in [0.25, 0.3) is 10.2 Å². The highest BCUT2D eigenvalue weighted by Crippen LogP contribution is 2.41. The summed E-state index contributed by atoms with van der Waals surface area (Å²) in [6.07, 6.45) is 9.15. The Balaban J connectivity index is 1.30. The van der Waals surface area contributed by atoms with Gasteiger partial charge in [0.05, 0.1) is 16.8 Å². The van der Waals surface area contributed by atoms with Gasteiger partial charge in [0.2, 0.25) is 0 Å². The molecule has 2 aliphatic heterocycles. The van der Waals surface area contributed by atoms with Crippen molar-refractivity contribution in [1.29, 1.82) is 0 Å². The predicted molar refractivity (Wildman–Crippen MR) is 111 cm³/mol. The summed E-state index contributed by atoms with van der Waals surface area (Å²) in [5.74, 6) is 1.22. The highest BCUT2D eigenvalue weighted by Gasteiger charge is 2.43. The fourth-order valence-electron chi connectivity index (χ4n) is 4.87. The second kappa shape index (κ2) is 6.91. The summed E-state index contributed by atoms with van der Waals surface area (Å²) >= 11 is 1.83. The number of hydrogen-bond acceptors (Lipinski definition) is 5. The first-order chi connectivity index (χ1) is 13.3. The molecule has 0 radical (unpaired) electrons. The van der Waals surface area contributed by atoms with Gasteiger partial charge >= 0.3 is 0 Å². The van der Waals surface area contributed by atoms with Crippen molar-refractivity contribution in [3.63, 3.8) is 0 Å². The van der Waals surface area contributed by atoms with Crippen LogP contribution in [-0.2, 0) is 13.1 Å². The SMILES string of the molecule is CCn1ccnc1CN1CCCC12CCN(c1nc3ccccc3s1)CC2. The number of para-hydroxylation sites is 1. The molecule has 27 heavy (non-hydrogen) atoms. The first-order valence-corrected chi connectivity index (χ1v) is 10.9. The number of nitrogens with zero attached hydrogens (tertiary/aromatic N) is 5. The van der Waals surface area contributed by atoms with Crippen LogP contribution in [0.4, 0.5) is 5.13 Å². The molecule has 0 saturated carbocycles. The summed E-state index contributed by atoms with van der Waals surface area (Å²) in [5.41, 5.74) is 1.49. The Morgan fingerprint density at radius 2 is 1.96 bits per heavy atom. The molecule has 0 unspecified atom stereocenters. The largest absolute Gasteiger partial charge is 0.348 e. The Kier molecular flexibility index (Phi) is 4.40. The number of fused-ring (bicyclic) bond motifs is 1. The van der Waals surface area contributed by atoms with E-state index >= 15 is 0 Å². The van der Waals surface area contributed by atoms with E-state index in [1.807, 2.05) is 17.5 Å². The minimum Gasteiger partial charge on any atom is -0.348 e. The van der Waals surface area contributed by atoms with Gasteiger partial charge in [-0.25, -0.2) is 9.97 Å². The van der Waals surface area contributed by atoms with E-state index in [0.717, 1.165) is 31.7 Å². The van der Waals surface area contributed by atoms with Crippen molar-refractivity contribution in [2.24, 2.45) is 0 Å². The fourth-order valence-corrected chi connectivity index (χ4v) is 5.88. The third-order valence-electron chi connectivity index (χ3n) is 6.46. The van der Waals surface area contributed by atoms with Gasteiger partial charge in [-0.05, 0) is 51.3 Å². The maximum Gasteiger partial charge on any atom is 0.186 e. The van der Waals surface area contributed by atoms with Gasteiger partial charge < -0.3 is 9.47 Å². The quantitative estimate of drug-likeness (QED) is 0.680. The maximum absolute atomic E-state index is 4.87. The van der Waals surface area contributed by atoms with Crippen LogP contribution in [0.15, 0.2) is 36.7 Å². The molecule has 0 bridgehead atoms. The number of hydrogen-bond donors (Lipinski definition) is 0. The van der Waals surface area contributed by atoms with E-state index in [1.165, 1.54) is 47.9 Å². The fraction of sp³-hybridized carbons (Fsp3) is 0.524. The minimum atomic E-state index is 0.359. The number of aryl methyl sites for hydroxylation is 1. The molecule has 1 spiro atoms. The van der Waals surface area contributed by atoms with E-state index < -0.39 is 0 Å². The topological polar surface area (TPSA) is 37.2 Å². The van der Waals surface area contributed by atoms with Gasteiger partial charge in [-0.2, -0.15) is 0 Å². The molecule has 0 N–H and O–H groups in total. The van der Waals surface area contributed by atoms with E-state index in [4.69, 9.17) is 4.98 Å². The molecule has 6 heteroatoms. The number of imidazole rings is 1. The zero-order valence-electron chi connectivity index (χ0n) is 16.0. The van der Waals surface area contributed by atoms with Gasteiger partial charge in [-0.15, -0.1) is 0 Å². The van der Waals surface area contributed by atoms with Crippen LogP contribution in [0.1, 0.15) is 38.4 Å². The van der Waals surface area contributed by atoms with Crippen molar-refractivity contribution < 1.29 is 0 Å². The summed E-state index contributed by atoms with van der Waals surface area (Å²) in [6.45, 7) is 7.61. The second-order valence-electron chi connectivity index (χ2n) is 7.83. The Hall–Kier alpha value is -1.92. The Morgan fingerprint density at radius 1 is 1.11 bits per heavy atom. The first-order valence-electron chi connectivity index (χ1n) is 10.1. The normalized spacial score (nSPS) is 20.1. The van der Waals surface area contributed by atoms with Crippen molar-refractivity contribution in [3.8, 4) is 0 Å². The number of anilines is 1. The van der Waals surface area contributed by atoms with E-state index in [1.54, 1.807) is 0 Å². The molecule has 2 aliphatic rings. The monoisotopic (exact) mass is 381 g/mol. The number of likely N-dealkylation sites (tertiary alicyclic amines) is 1. The van der Waals surface area contributed by atoms with Crippen LogP contribution in [0, 0.1) is 0 Å². The number of benzene rings is 1. The smallest absolute Gasteiger partial charge is 0.186 e. The zero-order valence-corrected chi connectivity index (χ0v) is 16.8. The number of aromatic nitrogens is 3. The van der Waals surface area contributed by atoms with Crippen molar-refractivity contribution >= 4 is 26.7 Å². The maximum atomic E-state index is 4.87. The van der Waals surface area contributed by atoms with Crippen LogP contribution >= 0.6 is 11.3 Å². The number of piperidine rings is 1. The Labute approximate surface area is 164 Å². The van der Waals surface area contributed by atoms with Crippen LogP contribution in [0.2, 0.25) is 0 Å². The van der Waals surface area contributed by atoms with E-state index in [9.17, 15) is 0 Å². The molecule has 142 valence electrons. The molecule has 5 nitrogen and oxygen atoms in total. The lowest BCUT2D eigenvalue weighted by atomic mass is 9.85. The average Bonchev–Trinajstić information content (AvgIpc) is 3.42. The zero-order chi connectivity index (χ0) is 18.3. The Bertz CT molecular complexity index is 888. The highest BCUT2D eigenvalue weighted by molar-refractivity contribution is 7.22. The minimum absolute atomic E-state index is 0.359. The predicted octanol–water partition coefficient (Wildman–Crippen LogP) is 4.15. The van der Waals surface area contributed by atoms with Gasteiger partial charge in [-0.1, -0.05) is 23.5 Å². The van der Waals surface area contributed by atoms with E-state index in [0.29, 0.717) is 5.54 Å². The molecule has 0 amide bonds. The molecule has 2 fully saturated rings. The van der Waals surface area contributed by atoms with Crippen LogP contribution in [-0.4, -0.2) is 44.6 Å². The lowest BCUT2D eigenvalue weighted by molar-refractivity contribution is 0.0959. The van der Waals surface area contributed by atoms with Crippen molar-refractivity contribution in [2.45, 2.75) is 51.2 Å². The van der Waals surface area contributed by atoms with Crippen LogP contribution in [0.5, 0.6) is 0 Å². The molecular formula is C21H27N5S. The van der Waals surface area contributed by atoms with Gasteiger partial charge in [-0.3, -0.25) is 4.90 Å². The van der Waals surface area contributed by atoms with Crippen LogP contribution in [0.3, 0.4) is 0 Å². The van der Waals surface area contributed by atoms with Crippen molar-refractivity contribution in [1.82, 2.24) is 19.4 Å². The van der Waals surface area contributed by atoms with Crippen molar-refractivity contribution in [3.05, 3.63) is 42.5 Å². The summed E-state index contributed by atoms with van der Waals surface area (Å²) in [6, 6.07) is 8.48. The first kappa shape index (κ1) is 17.2. The van der Waals surface area contributed by atoms with Gasteiger partial charge in [0, 0.05) is 37.6 Å². The molecule has 3 aromatic rings. The Morgan fingerprint density at radius 3 is 2.78 bits per heavy atom. The lowest BCUT2D eigenvalue weighted by Gasteiger charge is -2.45. The molecule has 5 rings (SSSR count). The van der Waals surface area contributed by atoms with E-state index in [-0.39, 0.29) is 0 Å². The number of thiazole rings is 1. The molecule has 0 aliphatic carbocycles. The molecular weight excluding hydrogens is 354 g/mol. The molecule has 4 heterocycles. The highest BCUT2D eigenvalue weighted by atomic mass is 32.1. The van der Waals surface area contributed by atoms with E-state index in [2.05, 4.69) is 56.7 Å². The standard InChI is InChI=1S/C21H27N5S/c1-2-24-15-11-22-19(24)16-26-12-5-8-21(26)9-13-25(14-10-21)20-23-17-6-3-4-7-18(17)27-20/h3-4,6-7,11,15H,2,5,8-10,12-14,16H2,1H3. The molecule has 2 saturated heterocycles. The third kappa shape index (κ3) is 3.05. The van der Waals surface area contributed by atoms with Crippen molar-refractivity contribution in [2.75, 3.05) is 24.5 Å². The number of rotatable bonds is 4. The third-order valence-corrected chi connectivity index (χ3v) is 7.56. The van der Waals surface area contributed by atoms with Gasteiger partial charge in [0.1, 0.15) is 5.82 Å². The molecule has 2 aromatic heterocycles. The second-order valence-corrected chi connectivity index (χ2v) is 8.84. The van der Waals surface area contributed by atoms with Gasteiger partial charge in [0.15, 0.2) is 5.13 Å². The molecule has 1 aromatic carbocycles. The lowest BCUT2D eigenvalue weighted by Crippen LogP contribution is -2.52. The van der Waals surface area contributed by atoms with Crippen LogP contribution < -0.4 is 4.90 Å². The van der Waals surface area contributed by atoms with Gasteiger partial charge in [0.25, 0.3) is 0 Å². The summed E-state index contributed by atoms with van der Waals surface area (Å²) < 4.78 is 3.57. The summed E-state index contributed by atoms with van der Waals surface area (Å²) in [7, 11) is 0. The average molecular weight is 382 g/mol. The summed E-state index contributed by atoms with van der Waals surface area (Å²) in [5, 5.41) is 1.19. The molecule has 0 atom stereocenters.